The van der Waals surface area contributed by atoms with Crippen molar-refractivity contribution in [3.8, 4) is 0 Å². The number of nitrogens with two attached hydrogens (primary N) is 1. The molecule has 2 aromatic rings. The average Bonchev–Trinajstić information content (AvgIpc) is 2.48. The zero-order valence-corrected chi connectivity index (χ0v) is 12.5. The lowest BCUT2D eigenvalue weighted by Gasteiger charge is -2.35. The van der Waals surface area contributed by atoms with E-state index >= 15 is 0 Å². The van der Waals surface area contributed by atoms with Crippen LogP contribution in [0.5, 0.6) is 0 Å². The molecule has 2 rings (SSSR count). The largest absolute Gasteiger partial charge is 0.271 e. The van der Waals surface area contributed by atoms with Crippen LogP contribution in [-0.4, -0.2) is 0 Å². The zero-order chi connectivity index (χ0) is 15.6. The summed E-state index contributed by atoms with van der Waals surface area (Å²) in [4.78, 5) is 0. The van der Waals surface area contributed by atoms with Crippen LogP contribution < -0.4 is 11.3 Å². The molecule has 21 heavy (non-hydrogen) atoms. The first-order chi connectivity index (χ1) is 9.89. The highest BCUT2D eigenvalue weighted by Gasteiger charge is 2.35. The Morgan fingerprint density at radius 3 is 2.24 bits per heavy atom. The highest BCUT2D eigenvalue weighted by Crippen LogP contribution is 2.38. The molecular formula is C17H20F2N2. The van der Waals surface area contributed by atoms with Crippen molar-refractivity contribution < 1.29 is 8.78 Å². The molecule has 0 aromatic heterocycles. The first-order valence-electron chi connectivity index (χ1n) is 6.85. The number of hydrogen-bond donors (Lipinski definition) is 2. The Balaban J connectivity index is 2.57. The second-order valence-corrected chi connectivity index (χ2v) is 5.78. The van der Waals surface area contributed by atoms with Gasteiger partial charge < -0.3 is 0 Å². The molecule has 0 radical (unpaired) electrons. The van der Waals surface area contributed by atoms with Crippen molar-refractivity contribution in [2.45, 2.75) is 32.2 Å². The predicted octanol–water partition coefficient (Wildman–Crippen LogP) is 3.76. The molecule has 1 unspecified atom stereocenters. The molecule has 0 spiro atoms. The minimum absolute atomic E-state index is 0.0219. The van der Waals surface area contributed by atoms with Gasteiger partial charge >= 0.3 is 0 Å². The van der Waals surface area contributed by atoms with Crippen molar-refractivity contribution in [1.29, 1.82) is 0 Å². The number of aryl methyl sites for hydroxylation is 1. The molecule has 112 valence electrons. The lowest BCUT2D eigenvalue weighted by molar-refractivity contribution is 0.330. The van der Waals surface area contributed by atoms with Gasteiger partial charge in [-0.1, -0.05) is 50.2 Å². The highest BCUT2D eigenvalue weighted by atomic mass is 19.1. The van der Waals surface area contributed by atoms with E-state index in [1.807, 2.05) is 44.2 Å². The molecule has 1 atom stereocenters. The lowest BCUT2D eigenvalue weighted by Crippen LogP contribution is -2.42. The Labute approximate surface area is 124 Å². The van der Waals surface area contributed by atoms with E-state index in [2.05, 4.69) is 5.43 Å². The summed E-state index contributed by atoms with van der Waals surface area (Å²) >= 11 is 0. The molecule has 0 saturated heterocycles. The van der Waals surface area contributed by atoms with E-state index in [1.54, 1.807) is 6.92 Å². The highest BCUT2D eigenvalue weighted by molar-refractivity contribution is 5.35. The maximum atomic E-state index is 14.4. The normalized spacial score (nSPS) is 13.2. The van der Waals surface area contributed by atoms with Gasteiger partial charge in [0.2, 0.25) is 0 Å². The van der Waals surface area contributed by atoms with Gasteiger partial charge in [-0.3, -0.25) is 11.3 Å². The summed E-state index contributed by atoms with van der Waals surface area (Å²) in [6, 6.07) is 11.6. The third-order valence-electron chi connectivity index (χ3n) is 4.01. The number of benzene rings is 2. The first kappa shape index (κ1) is 15.6. The first-order valence-corrected chi connectivity index (χ1v) is 6.85. The van der Waals surface area contributed by atoms with E-state index in [0.717, 1.165) is 5.56 Å². The fourth-order valence-electron chi connectivity index (χ4n) is 2.63. The summed E-state index contributed by atoms with van der Waals surface area (Å²) < 4.78 is 28.6. The van der Waals surface area contributed by atoms with Gasteiger partial charge in [-0.25, -0.2) is 8.78 Å². The van der Waals surface area contributed by atoms with Gasteiger partial charge in [0.1, 0.15) is 11.6 Å². The van der Waals surface area contributed by atoms with Gasteiger partial charge in [-0.2, -0.15) is 0 Å². The maximum Gasteiger partial charge on any atom is 0.133 e. The van der Waals surface area contributed by atoms with Crippen LogP contribution in [0.25, 0.3) is 0 Å². The number of rotatable bonds is 4. The average molecular weight is 290 g/mol. The van der Waals surface area contributed by atoms with Crippen molar-refractivity contribution in [2.24, 2.45) is 5.84 Å². The molecule has 0 aliphatic rings. The second-order valence-electron chi connectivity index (χ2n) is 5.78. The monoisotopic (exact) mass is 290 g/mol. The van der Waals surface area contributed by atoms with Crippen LogP contribution >= 0.6 is 0 Å². The predicted molar refractivity (Wildman–Crippen MR) is 80.6 cm³/mol. The smallest absolute Gasteiger partial charge is 0.133 e. The number of nitrogens with one attached hydrogen (secondary N) is 1. The molecule has 0 bridgehead atoms. The molecule has 2 nitrogen and oxygen atoms in total. The minimum Gasteiger partial charge on any atom is -0.271 e. The lowest BCUT2D eigenvalue weighted by atomic mass is 9.74. The summed E-state index contributed by atoms with van der Waals surface area (Å²) in [7, 11) is 0. The summed E-state index contributed by atoms with van der Waals surface area (Å²) in [5.74, 6) is 4.49. The van der Waals surface area contributed by atoms with E-state index in [1.165, 1.54) is 12.1 Å². The molecular weight excluding hydrogens is 270 g/mol. The van der Waals surface area contributed by atoms with Gasteiger partial charge in [0.25, 0.3) is 0 Å². The van der Waals surface area contributed by atoms with E-state index in [0.29, 0.717) is 5.56 Å². The SMILES string of the molecule is Cc1ccc(F)c(C(NN)C(C)(C)c2ccccc2)c1F. The van der Waals surface area contributed by atoms with Gasteiger partial charge in [0.05, 0.1) is 6.04 Å². The summed E-state index contributed by atoms with van der Waals surface area (Å²) in [6.07, 6.45) is 0. The minimum atomic E-state index is -0.681. The molecule has 4 heteroatoms. The number of hydrogen-bond acceptors (Lipinski definition) is 2. The van der Waals surface area contributed by atoms with E-state index in [-0.39, 0.29) is 5.56 Å². The summed E-state index contributed by atoms with van der Waals surface area (Å²) in [5.41, 5.74) is 3.34. The van der Waals surface area contributed by atoms with Gasteiger partial charge in [-0.15, -0.1) is 0 Å². The van der Waals surface area contributed by atoms with Crippen LogP contribution in [0.4, 0.5) is 8.78 Å². The van der Waals surface area contributed by atoms with E-state index in [9.17, 15) is 8.78 Å². The summed E-state index contributed by atoms with van der Waals surface area (Å²) in [6.45, 7) is 5.43. The molecule has 0 saturated carbocycles. The van der Waals surface area contributed by atoms with Crippen LogP contribution in [-0.2, 0) is 5.41 Å². The van der Waals surface area contributed by atoms with Crippen LogP contribution in [0, 0.1) is 18.6 Å². The topological polar surface area (TPSA) is 38.0 Å². The van der Waals surface area contributed by atoms with Crippen molar-refractivity contribution >= 4 is 0 Å². The Hall–Kier alpha value is -1.78. The standard InChI is InChI=1S/C17H20F2N2/c1-11-9-10-13(18)14(15(11)19)16(21-20)17(2,3)12-7-5-4-6-8-12/h4-10,16,21H,20H2,1-3H3. The van der Waals surface area contributed by atoms with Crippen LogP contribution in [0.15, 0.2) is 42.5 Å². The quantitative estimate of drug-likeness (QED) is 0.664. The Morgan fingerprint density at radius 1 is 1.05 bits per heavy atom. The molecule has 0 fully saturated rings. The molecule has 0 amide bonds. The van der Waals surface area contributed by atoms with Crippen LogP contribution in [0.1, 0.15) is 36.6 Å². The fourth-order valence-corrected chi connectivity index (χ4v) is 2.63. The fraction of sp³-hybridized carbons (Fsp3) is 0.294. The van der Waals surface area contributed by atoms with Gasteiger partial charge in [0, 0.05) is 11.0 Å². The molecule has 0 heterocycles. The Bertz CT molecular complexity index is 624. The van der Waals surface area contributed by atoms with Gasteiger partial charge in [-0.05, 0) is 24.1 Å². The number of halogens is 2. The third kappa shape index (κ3) is 2.82. The molecule has 0 aliphatic carbocycles. The van der Waals surface area contributed by atoms with Crippen molar-refractivity contribution in [3.63, 3.8) is 0 Å². The van der Waals surface area contributed by atoms with E-state index in [4.69, 9.17) is 5.84 Å². The maximum absolute atomic E-state index is 14.4. The summed E-state index contributed by atoms with van der Waals surface area (Å²) in [5, 5.41) is 0. The van der Waals surface area contributed by atoms with Crippen LogP contribution in [0.2, 0.25) is 0 Å². The van der Waals surface area contributed by atoms with Gasteiger partial charge in [0.15, 0.2) is 0 Å². The van der Waals surface area contributed by atoms with Crippen LogP contribution in [0.3, 0.4) is 0 Å². The van der Waals surface area contributed by atoms with Crippen molar-refractivity contribution in [1.82, 2.24) is 5.43 Å². The third-order valence-corrected chi connectivity index (χ3v) is 4.01. The Kier molecular flexibility index (Phi) is 4.40. The molecule has 0 aliphatic heterocycles. The van der Waals surface area contributed by atoms with Crippen molar-refractivity contribution in [3.05, 3.63) is 70.8 Å². The zero-order valence-electron chi connectivity index (χ0n) is 12.5. The second kappa shape index (κ2) is 5.92. The van der Waals surface area contributed by atoms with Crippen molar-refractivity contribution in [2.75, 3.05) is 0 Å². The molecule has 2 aromatic carbocycles. The van der Waals surface area contributed by atoms with E-state index < -0.39 is 23.1 Å². The molecule has 3 N–H and O–H groups in total. The Morgan fingerprint density at radius 2 is 1.67 bits per heavy atom. The number of hydrazine groups is 1.